The summed E-state index contributed by atoms with van der Waals surface area (Å²) < 4.78 is 1.07. The first-order chi connectivity index (χ1) is 3.43. The van der Waals surface area contributed by atoms with Crippen LogP contribution >= 0.6 is 8.91 Å². The number of imidazole rings is 1. The Hall–Kier alpha value is 0.230. The van der Waals surface area contributed by atoms with Crippen molar-refractivity contribution in [2.75, 3.05) is 0 Å². The van der Waals surface area contributed by atoms with Crippen molar-refractivity contribution in [2.24, 2.45) is 0 Å². The molecule has 7 heavy (non-hydrogen) atoms. The van der Waals surface area contributed by atoms with Crippen molar-refractivity contribution >= 4 is 8.91 Å². The normalized spacial score (nSPS) is 9.86. The number of halogens is 2. The second kappa shape index (κ2) is 2.52. The van der Waals surface area contributed by atoms with Crippen LogP contribution in [0.5, 0.6) is 0 Å². The van der Waals surface area contributed by atoms with Crippen LogP contribution in [0.1, 0.15) is 0 Å². The fourth-order valence-corrected chi connectivity index (χ4v) is 1.33. The quantitative estimate of drug-likeness (QED) is 0.545. The third-order valence-corrected chi connectivity index (χ3v) is 2.60. The molecule has 1 aromatic rings. The molecule has 1 heterocycles. The average molecular weight is 229 g/mol. The van der Waals surface area contributed by atoms with E-state index in [0.717, 1.165) is 3.70 Å². The van der Waals surface area contributed by atoms with Gasteiger partial charge >= 0.3 is 55.2 Å². The van der Waals surface area contributed by atoms with Crippen LogP contribution in [-0.2, 0) is 0 Å². The van der Waals surface area contributed by atoms with E-state index in [1.165, 1.54) is 0 Å². The van der Waals surface area contributed by atoms with Gasteiger partial charge < -0.3 is 0 Å². The molecule has 0 aliphatic heterocycles. The van der Waals surface area contributed by atoms with E-state index in [1.54, 1.807) is 12.5 Å². The Morgan fingerprint density at radius 1 is 1.86 bits per heavy atom. The topological polar surface area (TPSA) is 28.7 Å². The zero-order valence-corrected chi connectivity index (χ0v) is 6.27. The number of aromatic nitrogens is 2. The minimum atomic E-state index is -0.299. The number of hydrogen-bond acceptors (Lipinski definition) is 1. The second-order valence-corrected chi connectivity index (χ2v) is 3.50. The third-order valence-electron chi connectivity index (χ3n) is 0.542. The fourth-order valence-electron chi connectivity index (χ4n) is 0.278. The van der Waals surface area contributed by atoms with Gasteiger partial charge in [-0.15, -0.1) is 0 Å². The average Bonchev–Trinajstić information content (AvgIpc) is 2.14. The minimum absolute atomic E-state index is 0.299. The van der Waals surface area contributed by atoms with Gasteiger partial charge in [0.25, 0.3) is 0 Å². The first-order valence-electron chi connectivity index (χ1n) is 1.68. The van der Waals surface area contributed by atoms with Crippen LogP contribution in [0.4, 0.5) is 0 Å². The molecule has 0 bridgehead atoms. The molecule has 1 N–H and O–H groups in total. The molecule has 0 amide bonds. The van der Waals surface area contributed by atoms with Crippen LogP contribution in [0.3, 0.4) is 0 Å². The Kier molecular flexibility index (Phi) is 1.93. The number of aromatic amines is 1. The van der Waals surface area contributed by atoms with Crippen LogP contribution in [0.15, 0.2) is 12.5 Å². The zero-order valence-electron chi connectivity index (χ0n) is 3.36. The molecule has 0 spiro atoms. The van der Waals surface area contributed by atoms with Gasteiger partial charge in [0.05, 0.1) is 0 Å². The molecule has 1 aromatic heterocycles. The maximum atomic E-state index is 5.51. The molecule has 40 valence electrons. The van der Waals surface area contributed by atoms with E-state index < -0.39 is 0 Å². The van der Waals surface area contributed by atoms with Crippen LogP contribution in [-0.4, -0.2) is 9.97 Å². The summed E-state index contributed by atoms with van der Waals surface area (Å²) in [6.45, 7) is 0. The van der Waals surface area contributed by atoms with Crippen molar-refractivity contribution < 1.29 is 20.1 Å². The van der Waals surface area contributed by atoms with E-state index in [4.69, 9.17) is 8.91 Å². The van der Waals surface area contributed by atoms with E-state index in [2.05, 4.69) is 9.97 Å². The fraction of sp³-hybridized carbons (Fsp3) is 0. The van der Waals surface area contributed by atoms with Gasteiger partial charge in [-0.1, -0.05) is 0 Å². The first-order valence-corrected chi connectivity index (χ1v) is 5.49. The summed E-state index contributed by atoms with van der Waals surface area (Å²) in [4.78, 5) is 6.67. The third kappa shape index (κ3) is 1.31. The van der Waals surface area contributed by atoms with E-state index in [-0.39, 0.29) is 20.1 Å². The maximum absolute atomic E-state index is 5.51. The predicted molar refractivity (Wildman–Crippen MR) is 23.1 cm³/mol. The molecular weight excluding hydrogens is 226 g/mol. The predicted octanol–water partition coefficient (Wildman–Crippen LogP) is -2.18. The van der Waals surface area contributed by atoms with E-state index >= 15 is 0 Å². The summed E-state index contributed by atoms with van der Waals surface area (Å²) in [6, 6.07) is 0. The molecule has 0 aliphatic rings. The summed E-state index contributed by atoms with van der Waals surface area (Å²) in [5, 5.41) is 0. The molecule has 0 aromatic carbocycles. The monoisotopic (exact) mass is 229 g/mol. The summed E-state index contributed by atoms with van der Waals surface area (Å²) in [5.74, 6) is 0. The molecule has 0 radical (unpaired) electrons. The molecule has 0 saturated carbocycles. The van der Waals surface area contributed by atoms with Crippen LogP contribution in [0.2, 0.25) is 0 Å². The summed E-state index contributed by atoms with van der Waals surface area (Å²) >= 11 is -0.299. The molecule has 1 rings (SSSR count). The van der Waals surface area contributed by atoms with Crippen LogP contribution in [0.25, 0.3) is 0 Å². The Bertz CT molecular complexity index is 127. The molecule has 0 saturated heterocycles. The molecule has 0 aliphatic carbocycles. The van der Waals surface area contributed by atoms with Crippen molar-refractivity contribution in [1.82, 2.24) is 9.97 Å². The molecule has 2 nitrogen and oxygen atoms in total. The molecular formula is C3H3ClIN2-. The van der Waals surface area contributed by atoms with Gasteiger partial charge in [0, 0.05) is 0 Å². The Morgan fingerprint density at radius 3 is 3.00 bits per heavy atom. The number of nitrogens with one attached hydrogen (secondary N) is 1. The van der Waals surface area contributed by atoms with Crippen LogP contribution in [0, 0.1) is 3.70 Å². The molecule has 0 atom stereocenters. The van der Waals surface area contributed by atoms with Gasteiger partial charge in [0.15, 0.2) is 0 Å². The van der Waals surface area contributed by atoms with Crippen molar-refractivity contribution in [3.05, 3.63) is 16.2 Å². The van der Waals surface area contributed by atoms with Crippen molar-refractivity contribution in [3.63, 3.8) is 0 Å². The second-order valence-electron chi connectivity index (χ2n) is 0.971. The zero-order chi connectivity index (χ0) is 5.11. The van der Waals surface area contributed by atoms with Gasteiger partial charge in [-0.05, 0) is 0 Å². The summed E-state index contributed by atoms with van der Waals surface area (Å²) in [6.07, 6.45) is 3.39. The van der Waals surface area contributed by atoms with Gasteiger partial charge in [0.1, 0.15) is 0 Å². The van der Waals surface area contributed by atoms with E-state index in [0.29, 0.717) is 0 Å². The molecule has 0 fully saturated rings. The van der Waals surface area contributed by atoms with E-state index in [1.807, 2.05) is 0 Å². The number of H-pyrrole nitrogens is 1. The molecule has 4 heteroatoms. The summed E-state index contributed by atoms with van der Waals surface area (Å²) in [5.41, 5.74) is 0. The number of hydrogen-bond donors (Lipinski definition) is 1. The van der Waals surface area contributed by atoms with Crippen molar-refractivity contribution in [3.8, 4) is 0 Å². The SMILES string of the molecule is Cl[I-]c1cnc[nH]1. The standard InChI is InChI=1S/C3H3ClIN2/c4-5-3-1-6-2-7-3/h1-2H,(H,6,7)/q-1. The van der Waals surface area contributed by atoms with Crippen molar-refractivity contribution in [1.29, 1.82) is 0 Å². The van der Waals surface area contributed by atoms with Gasteiger partial charge in [-0.2, -0.15) is 0 Å². The molecule has 0 unspecified atom stereocenters. The van der Waals surface area contributed by atoms with Gasteiger partial charge in [0.2, 0.25) is 0 Å². The van der Waals surface area contributed by atoms with E-state index in [9.17, 15) is 0 Å². The Morgan fingerprint density at radius 2 is 2.71 bits per heavy atom. The summed E-state index contributed by atoms with van der Waals surface area (Å²) in [7, 11) is 5.51. The van der Waals surface area contributed by atoms with Crippen molar-refractivity contribution in [2.45, 2.75) is 0 Å². The Balaban J connectivity index is 2.76. The number of rotatable bonds is 1. The Labute approximate surface area is 55.3 Å². The first kappa shape index (κ1) is 5.37. The number of nitrogens with zero attached hydrogens (tertiary/aromatic N) is 1. The van der Waals surface area contributed by atoms with Gasteiger partial charge in [-0.3, -0.25) is 0 Å². The van der Waals surface area contributed by atoms with Gasteiger partial charge in [-0.25, -0.2) is 0 Å². The van der Waals surface area contributed by atoms with Crippen LogP contribution < -0.4 is 20.1 Å².